The van der Waals surface area contributed by atoms with Crippen LogP contribution in [0, 0.1) is 6.20 Å². The fraction of sp³-hybridized carbons (Fsp3) is 0.100. The summed E-state index contributed by atoms with van der Waals surface area (Å²) in [5.74, 6) is 0.0583. The Morgan fingerprint density at radius 3 is 2.53 bits per heavy atom. The third kappa shape index (κ3) is 1.86. The first-order valence-electron chi connectivity index (χ1n) is 4.08. The molecule has 1 radical (unpaired) electrons. The molecule has 15 heavy (non-hydrogen) atoms. The lowest BCUT2D eigenvalue weighted by atomic mass is 10.1. The molecular weight excluding hydrogens is 207 g/mol. The van der Waals surface area contributed by atoms with Crippen molar-refractivity contribution in [1.29, 1.82) is 0 Å². The Hall–Kier alpha value is -1.78. The average Bonchev–Trinajstić information content (AvgIpc) is 2.69. The summed E-state index contributed by atoms with van der Waals surface area (Å²) >= 11 is 0. The molecule has 0 aliphatic rings. The van der Waals surface area contributed by atoms with E-state index in [2.05, 4.69) is 15.9 Å². The summed E-state index contributed by atoms with van der Waals surface area (Å²) in [4.78, 5) is 0. The molecule has 1 aromatic carbocycles. The molecule has 0 bridgehead atoms. The third-order valence-corrected chi connectivity index (χ3v) is 1.89. The van der Waals surface area contributed by atoms with Gasteiger partial charge in [-0.05, 0) is 6.07 Å². The van der Waals surface area contributed by atoms with E-state index in [1.54, 1.807) is 0 Å². The molecule has 0 atom stereocenters. The van der Waals surface area contributed by atoms with Crippen molar-refractivity contribution < 1.29 is 17.7 Å². The lowest BCUT2D eigenvalue weighted by Crippen LogP contribution is -2.06. The lowest BCUT2D eigenvalue weighted by molar-refractivity contribution is -0.137. The predicted octanol–water partition coefficient (Wildman–Crippen LogP) is 3.16. The van der Waals surface area contributed by atoms with Crippen molar-refractivity contribution in [3.05, 3.63) is 42.1 Å². The number of halogens is 3. The maximum absolute atomic E-state index is 12.6. The quantitative estimate of drug-likeness (QED) is 0.725. The third-order valence-electron chi connectivity index (χ3n) is 1.89. The van der Waals surface area contributed by atoms with Crippen molar-refractivity contribution in [2.45, 2.75) is 6.18 Å². The molecule has 1 aromatic heterocycles. The molecule has 0 fully saturated rings. The van der Waals surface area contributed by atoms with Crippen LogP contribution in [0.3, 0.4) is 0 Å². The van der Waals surface area contributed by atoms with Gasteiger partial charge < -0.3 is 4.52 Å². The van der Waals surface area contributed by atoms with Crippen LogP contribution in [-0.4, -0.2) is 5.16 Å². The van der Waals surface area contributed by atoms with E-state index in [1.165, 1.54) is 24.3 Å². The van der Waals surface area contributed by atoms with Gasteiger partial charge in [0.2, 0.25) is 0 Å². The van der Waals surface area contributed by atoms with Gasteiger partial charge in [-0.3, -0.25) is 0 Å². The second-order valence-corrected chi connectivity index (χ2v) is 2.86. The molecular formula is C10H5F3NO. The molecule has 0 saturated heterocycles. The molecule has 2 aromatic rings. The van der Waals surface area contributed by atoms with Crippen molar-refractivity contribution >= 4 is 0 Å². The van der Waals surface area contributed by atoms with Crippen molar-refractivity contribution in [1.82, 2.24) is 5.16 Å². The number of benzene rings is 1. The van der Waals surface area contributed by atoms with E-state index in [4.69, 9.17) is 0 Å². The van der Waals surface area contributed by atoms with E-state index >= 15 is 0 Å². The summed E-state index contributed by atoms with van der Waals surface area (Å²) in [5, 5.41) is 3.25. The summed E-state index contributed by atoms with van der Waals surface area (Å²) in [6.07, 6.45) is -2.08. The van der Waals surface area contributed by atoms with Gasteiger partial charge in [-0.15, -0.1) is 0 Å². The highest BCUT2D eigenvalue weighted by atomic mass is 19.4. The molecule has 0 aliphatic carbocycles. The summed E-state index contributed by atoms with van der Waals surface area (Å²) < 4.78 is 42.4. The monoisotopic (exact) mass is 212 g/mol. The Morgan fingerprint density at radius 2 is 1.93 bits per heavy atom. The number of hydrogen-bond donors (Lipinski definition) is 0. The fourth-order valence-corrected chi connectivity index (χ4v) is 1.26. The van der Waals surface area contributed by atoms with Gasteiger partial charge in [0, 0.05) is 11.6 Å². The van der Waals surface area contributed by atoms with Gasteiger partial charge in [-0.2, -0.15) is 13.2 Å². The molecule has 0 amide bonds. The van der Waals surface area contributed by atoms with Gasteiger partial charge in [0.05, 0.1) is 5.56 Å². The Bertz CT molecular complexity index is 448. The largest absolute Gasteiger partial charge is 0.417 e. The van der Waals surface area contributed by atoms with Crippen LogP contribution in [0.2, 0.25) is 0 Å². The molecule has 0 spiro atoms. The van der Waals surface area contributed by atoms with Crippen LogP contribution < -0.4 is 0 Å². The number of aromatic nitrogens is 1. The predicted molar refractivity (Wildman–Crippen MR) is 45.8 cm³/mol. The number of alkyl halides is 3. The van der Waals surface area contributed by atoms with Crippen molar-refractivity contribution in [3.63, 3.8) is 0 Å². The summed E-state index contributed by atoms with van der Waals surface area (Å²) in [6, 6.07) is 6.43. The maximum Gasteiger partial charge on any atom is 0.417 e. The lowest BCUT2D eigenvalue weighted by Gasteiger charge is -2.09. The zero-order valence-electron chi connectivity index (χ0n) is 7.38. The van der Waals surface area contributed by atoms with Gasteiger partial charge in [0.1, 0.15) is 6.20 Å². The number of rotatable bonds is 1. The van der Waals surface area contributed by atoms with Crippen LogP contribution in [0.25, 0.3) is 11.3 Å². The van der Waals surface area contributed by atoms with Crippen molar-refractivity contribution in [2.24, 2.45) is 0 Å². The minimum atomic E-state index is -4.40. The first-order valence-corrected chi connectivity index (χ1v) is 4.08. The first kappa shape index (κ1) is 9.76. The zero-order valence-corrected chi connectivity index (χ0v) is 7.38. The van der Waals surface area contributed by atoms with Crippen LogP contribution in [0.15, 0.2) is 34.9 Å². The molecule has 77 valence electrons. The average molecular weight is 212 g/mol. The van der Waals surface area contributed by atoms with E-state index in [0.29, 0.717) is 0 Å². The van der Waals surface area contributed by atoms with E-state index in [1.807, 2.05) is 0 Å². The fourth-order valence-electron chi connectivity index (χ4n) is 1.26. The Labute approximate surface area is 83.3 Å². The van der Waals surface area contributed by atoms with E-state index < -0.39 is 11.7 Å². The van der Waals surface area contributed by atoms with Gasteiger partial charge in [0.15, 0.2) is 5.76 Å². The number of nitrogens with zero attached hydrogens (tertiary/aromatic N) is 1. The molecule has 0 saturated carbocycles. The van der Waals surface area contributed by atoms with E-state index in [9.17, 15) is 13.2 Å². The van der Waals surface area contributed by atoms with Crippen LogP contribution in [0.4, 0.5) is 13.2 Å². The van der Waals surface area contributed by atoms with E-state index in [0.717, 1.165) is 6.07 Å². The minimum absolute atomic E-state index is 0.0289. The second-order valence-electron chi connectivity index (χ2n) is 2.86. The topological polar surface area (TPSA) is 26.0 Å². The minimum Gasteiger partial charge on any atom is -0.356 e. The molecule has 0 unspecified atom stereocenters. The van der Waals surface area contributed by atoms with Crippen LogP contribution in [-0.2, 0) is 6.18 Å². The Morgan fingerprint density at radius 1 is 1.20 bits per heavy atom. The maximum atomic E-state index is 12.6. The summed E-state index contributed by atoms with van der Waals surface area (Å²) in [5.41, 5.74) is -0.770. The molecule has 0 N–H and O–H groups in total. The first-order chi connectivity index (χ1) is 7.09. The van der Waals surface area contributed by atoms with Crippen LogP contribution in [0.5, 0.6) is 0 Å². The van der Waals surface area contributed by atoms with Gasteiger partial charge in [0.25, 0.3) is 0 Å². The smallest absolute Gasteiger partial charge is 0.356 e. The summed E-state index contributed by atoms with van der Waals surface area (Å²) in [6.45, 7) is 0. The van der Waals surface area contributed by atoms with Gasteiger partial charge in [-0.1, -0.05) is 23.4 Å². The van der Waals surface area contributed by atoms with Gasteiger partial charge >= 0.3 is 6.18 Å². The van der Waals surface area contributed by atoms with Crippen LogP contribution >= 0.6 is 0 Å². The molecule has 2 rings (SSSR count). The van der Waals surface area contributed by atoms with Crippen molar-refractivity contribution in [2.75, 3.05) is 0 Å². The molecule has 2 nitrogen and oxygen atoms in total. The highest BCUT2D eigenvalue weighted by Gasteiger charge is 2.34. The van der Waals surface area contributed by atoms with Crippen molar-refractivity contribution in [3.8, 4) is 11.3 Å². The van der Waals surface area contributed by atoms with E-state index in [-0.39, 0.29) is 11.3 Å². The highest BCUT2D eigenvalue weighted by molar-refractivity contribution is 5.62. The van der Waals surface area contributed by atoms with Gasteiger partial charge in [-0.25, -0.2) is 0 Å². The zero-order chi connectivity index (χ0) is 10.9. The Kier molecular flexibility index (Phi) is 2.22. The normalized spacial score (nSPS) is 11.7. The Balaban J connectivity index is 2.58. The standard InChI is InChI=1S/C10H5F3NO/c11-10(12,13)8-4-2-1-3-7(8)9-5-6-14-15-9/h1-5H. The molecule has 5 heteroatoms. The summed E-state index contributed by atoms with van der Waals surface area (Å²) in [7, 11) is 0. The van der Waals surface area contributed by atoms with Crippen LogP contribution in [0.1, 0.15) is 5.56 Å². The number of hydrogen-bond acceptors (Lipinski definition) is 2. The molecule has 1 heterocycles. The highest BCUT2D eigenvalue weighted by Crippen LogP contribution is 2.36. The second kappa shape index (κ2) is 3.42. The SMILES string of the molecule is FC(F)(F)c1ccccc1-c1c[c]no1. The molecule has 0 aliphatic heterocycles.